The van der Waals surface area contributed by atoms with Gasteiger partial charge in [0.25, 0.3) is 0 Å². The van der Waals surface area contributed by atoms with Crippen LogP contribution < -0.4 is 0 Å². The summed E-state index contributed by atoms with van der Waals surface area (Å²) in [4.78, 5) is 2.66. The van der Waals surface area contributed by atoms with E-state index in [4.69, 9.17) is 0 Å². The molecule has 0 N–H and O–H groups in total. The van der Waals surface area contributed by atoms with Gasteiger partial charge in [0.05, 0.1) is 0 Å². The Hall–Kier alpha value is -0.0400. The van der Waals surface area contributed by atoms with Crippen molar-refractivity contribution in [3.05, 3.63) is 0 Å². The molecule has 1 heteroatoms. The van der Waals surface area contributed by atoms with E-state index in [-0.39, 0.29) is 0 Å². The third-order valence-electron chi connectivity index (χ3n) is 3.33. The highest BCUT2D eigenvalue weighted by Crippen LogP contribution is 2.36. The van der Waals surface area contributed by atoms with Gasteiger partial charge in [0.1, 0.15) is 0 Å². The third kappa shape index (κ3) is 1.44. The molecule has 11 heavy (non-hydrogen) atoms. The zero-order valence-electron chi connectivity index (χ0n) is 8.19. The minimum Gasteiger partial charge on any atom is -0.298 e. The number of rotatable bonds is 4. The lowest BCUT2D eigenvalue weighted by molar-refractivity contribution is -0.0205. The van der Waals surface area contributed by atoms with Crippen molar-refractivity contribution in [2.24, 2.45) is 0 Å². The first-order chi connectivity index (χ1) is 5.29. The Kier molecular flexibility index (Phi) is 2.94. The van der Waals surface area contributed by atoms with Crippen molar-refractivity contribution in [3.8, 4) is 0 Å². The van der Waals surface area contributed by atoms with Gasteiger partial charge in [-0.25, -0.2) is 0 Å². The largest absolute Gasteiger partial charge is 0.298 e. The molecule has 1 heterocycles. The van der Waals surface area contributed by atoms with Crippen molar-refractivity contribution >= 4 is 0 Å². The molecule has 1 nitrogen and oxygen atoms in total. The van der Waals surface area contributed by atoms with E-state index in [1.54, 1.807) is 0 Å². The van der Waals surface area contributed by atoms with E-state index in [0.29, 0.717) is 5.54 Å². The number of hydrogen-bond donors (Lipinski definition) is 0. The summed E-state index contributed by atoms with van der Waals surface area (Å²) in [6.45, 7) is 9.57. The highest BCUT2D eigenvalue weighted by molar-refractivity contribution is 4.97. The SMILES string of the molecule is CCCN1CCC1(CC)CC. The van der Waals surface area contributed by atoms with Crippen LogP contribution in [0.15, 0.2) is 0 Å². The van der Waals surface area contributed by atoms with Gasteiger partial charge in [-0.05, 0) is 32.2 Å². The van der Waals surface area contributed by atoms with Crippen molar-refractivity contribution < 1.29 is 0 Å². The van der Waals surface area contributed by atoms with Gasteiger partial charge < -0.3 is 0 Å². The van der Waals surface area contributed by atoms with Gasteiger partial charge in [0, 0.05) is 12.1 Å². The third-order valence-corrected chi connectivity index (χ3v) is 3.33. The predicted octanol–water partition coefficient (Wildman–Crippen LogP) is 2.66. The Morgan fingerprint density at radius 2 is 1.82 bits per heavy atom. The minimum absolute atomic E-state index is 0.607. The van der Waals surface area contributed by atoms with Crippen LogP contribution in [0.25, 0.3) is 0 Å². The average molecular weight is 155 g/mol. The van der Waals surface area contributed by atoms with Crippen LogP contribution in [0.5, 0.6) is 0 Å². The molecule has 0 bridgehead atoms. The first-order valence-corrected chi connectivity index (χ1v) is 5.04. The van der Waals surface area contributed by atoms with Crippen LogP contribution in [0.1, 0.15) is 46.5 Å². The quantitative estimate of drug-likeness (QED) is 0.603. The average Bonchev–Trinajstić information content (AvgIpc) is 2.01. The van der Waals surface area contributed by atoms with E-state index in [9.17, 15) is 0 Å². The molecule has 66 valence electrons. The lowest BCUT2D eigenvalue weighted by Gasteiger charge is -2.52. The molecule has 1 aliphatic rings. The van der Waals surface area contributed by atoms with Crippen LogP contribution >= 0.6 is 0 Å². The molecule has 0 radical (unpaired) electrons. The topological polar surface area (TPSA) is 3.24 Å². The fraction of sp³-hybridized carbons (Fsp3) is 1.00. The van der Waals surface area contributed by atoms with Crippen LogP contribution in [0.2, 0.25) is 0 Å². The summed E-state index contributed by atoms with van der Waals surface area (Å²) in [6.07, 6.45) is 5.41. The molecular weight excluding hydrogens is 134 g/mol. The molecule has 0 saturated carbocycles. The molecule has 0 aromatic carbocycles. The molecule has 0 atom stereocenters. The normalized spacial score (nSPS) is 23.2. The van der Waals surface area contributed by atoms with E-state index in [0.717, 1.165) is 0 Å². The Morgan fingerprint density at radius 1 is 1.18 bits per heavy atom. The van der Waals surface area contributed by atoms with Crippen molar-refractivity contribution in [1.82, 2.24) is 4.90 Å². The van der Waals surface area contributed by atoms with Gasteiger partial charge in [0.2, 0.25) is 0 Å². The van der Waals surface area contributed by atoms with Gasteiger partial charge in [-0.1, -0.05) is 20.8 Å². The summed E-state index contributed by atoms with van der Waals surface area (Å²) in [5, 5.41) is 0. The molecule has 0 aliphatic carbocycles. The highest BCUT2D eigenvalue weighted by Gasteiger charge is 2.40. The first-order valence-electron chi connectivity index (χ1n) is 5.04. The lowest BCUT2D eigenvalue weighted by atomic mass is 9.80. The maximum absolute atomic E-state index is 2.66. The summed E-state index contributed by atoms with van der Waals surface area (Å²) in [5.41, 5.74) is 0.607. The molecule has 0 spiro atoms. The van der Waals surface area contributed by atoms with Gasteiger partial charge in [-0.3, -0.25) is 4.90 Å². The van der Waals surface area contributed by atoms with Gasteiger partial charge in [0.15, 0.2) is 0 Å². The Labute approximate surface area is 70.8 Å². The summed E-state index contributed by atoms with van der Waals surface area (Å²) < 4.78 is 0. The Bertz CT molecular complexity index is 111. The summed E-state index contributed by atoms with van der Waals surface area (Å²) in [7, 11) is 0. The van der Waals surface area contributed by atoms with Gasteiger partial charge in [-0.2, -0.15) is 0 Å². The molecule has 0 aromatic heterocycles. The van der Waals surface area contributed by atoms with Crippen molar-refractivity contribution in [1.29, 1.82) is 0 Å². The number of nitrogens with zero attached hydrogens (tertiary/aromatic N) is 1. The zero-order valence-corrected chi connectivity index (χ0v) is 8.19. The van der Waals surface area contributed by atoms with E-state index in [2.05, 4.69) is 25.7 Å². The van der Waals surface area contributed by atoms with Crippen LogP contribution in [0.4, 0.5) is 0 Å². The van der Waals surface area contributed by atoms with Gasteiger partial charge in [-0.15, -0.1) is 0 Å². The van der Waals surface area contributed by atoms with Gasteiger partial charge >= 0.3 is 0 Å². The smallest absolute Gasteiger partial charge is 0.0216 e. The van der Waals surface area contributed by atoms with Crippen LogP contribution in [0, 0.1) is 0 Å². The van der Waals surface area contributed by atoms with E-state index < -0.39 is 0 Å². The monoisotopic (exact) mass is 155 g/mol. The summed E-state index contributed by atoms with van der Waals surface area (Å²) in [5.74, 6) is 0. The minimum atomic E-state index is 0.607. The molecule has 1 aliphatic heterocycles. The molecular formula is C10H21N. The van der Waals surface area contributed by atoms with E-state index in [1.807, 2.05) is 0 Å². The maximum atomic E-state index is 2.66. The molecule has 0 amide bonds. The zero-order chi connectivity index (χ0) is 8.32. The van der Waals surface area contributed by atoms with Crippen LogP contribution in [-0.2, 0) is 0 Å². The fourth-order valence-corrected chi connectivity index (χ4v) is 2.26. The van der Waals surface area contributed by atoms with Crippen molar-refractivity contribution in [2.75, 3.05) is 13.1 Å². The van der Waals surface area contributed by atoms with Crippen molar-refractivity contribution in [3.63, 3.8) is 0 Å². The van der Waals surface area contributed by atoms with Crippen LogP contribution in [-0.4, -0.2) is 23.5 Å². The molecule has 0 aromatic rings. The molecule has 1 rings (SSSR count). The van der Waals surface area contributed by atoms with Crippen molar-refractivity contribution in [2.45, 2.75) is 52.0 Å². The number of likely N-dealkylation sites (tertiary alicyclic amines) is 1. The Balaban J connectivity index is 2.43. The fourth-order valence-electron chi connectivity index (χ4n) is 2.26. The second kappa shape index (κ2) is 3.57. The summed E-state index contributed by atoms with van der Waals surface area (Å²) in [6, 6.07) is 0. The lowest BCUT2D eigenvalue weighted by Crippen LogP contribution is -2.59. The first kappa shape index (κ1) is 9.05. The predicted molar refractivity (Wildman–Crippen MR) is 49.8 cm³/mol. The maximum Gasteiger partial charge on any atom is 0.0216 e. The molecule has 1 saturated heterocycles. The summed E-state index contributed by atoms with van der Waals surface area (Å²) >= 11 is 0. The Morgan fingerprint density at radius 3 is 2.09 bits per heavy atom. The standard InChI is InChI=1S/C10H21N/c1-4-8-11-9-7-10(11,5-2)6-3/h4-9H2,1-3H3. The second-order valence-corrected chi connectivity index (χ2v) is 3.67. The molecule has 1 fully saturated rings. The second-order valence-electron chi connectivity index (χ2n) is 3.67. The van der Waals surface area contributed by atoms with Crippen LogP contribution in [0.3, 0.4) is 0 Å². The number of hydrogen-bond acceptors (Lipinski definition) is 1. The van der Waals surface area contributed by atoms with E-state index in [1.165, 1.54) is 38.8 Å². The van der Waals surface area contributed by atoms with E-state index >= 15 is 0 Å². The highest BCUT2D eigenvalue weighted by atomic mass is 15.2. The molecule has 0 unspecified atom stereocenters.